The van der Waals surface area contributed by atoms with Crippen LogP contribution in [0.3, 0.4) is 0 Å². The van der Waals surface area contributed by atoms with Crippen molar-refractivity contribution in [2.24, 2.45) is 0 Å². The lowest BCUT2D eigenvalue weighted by Gasteiger charge is -2.25. The molecule has 11 heteroatoms. The zero-order valence-corrected chi connectivity index (χ0v) is 21.0. The van der Waals surface area contributed by atoms with Crippen molar-refractivity contribution in [3.05, 3.63) is 86.9 Å². The summed E-state index contributed by atoms with van der Waals surface area (Å²) in [7, 11) is 1.14. The van der Waals surface area contributed by atoms with Crippen LogP contribution in [0.15, 0.2) is 59.7 Å². The minimum atomic E-state index is -4.94. The summed E-state index contributed by atoms with van der Waals surface area (Å²) in [6.45, 7) is -0.232. The van der Waals surface area contributed by atoms with E-state index in [1.807, 2.05) is 18.2 Å². The van der Waals surface area contributed by atoms with Gasteiger partial charge in [-0.25, -0.2) is 4.98 Å². The number of aromatic nitrogens is 2. The van der Waals surface area contributed by atoms with Crippen molar-refractivity contribution in [3.8, 4) is 10.4 Å². The molecule has 190 valence electrons. The van der Waals surface area contributed by atoms with Gasteiger partial charge in [0.25, 0.3) is 5.56 Å². The summed E-state index contributed by atoms with van der Waals surface area (Å²) in [5, 5.41) is 0.604. The molecule has 0 spiro atoms. The molecule has 1 aliphatic carbocycles. The third-order valence-corrected chi connectivity index (χ3v) is 7.91. The first kappa shape index (κ1) is 25.2. The van der Waals surface area contributed by atoms with Gasteiger partial charge in [0.15, 0.2) is 5.78 Å². The number of thiophene rings is 1. The molecule has 1 amide bonds. The van der Waals surface area contributed by atoms with Gasteiger partial charge in [0.1, 0.15) is 4.70 Å². The average molecular weight is 546 g/mol. The van der Waals surface area contributed by atoms with Gasteiger partial charge >= 0.3 is 12.1 Å². The number of likely N-dealkylation sites (N-methyl/N-ethyl adjacent to an activating group) is 1. The molecule has 4 aromatic rings. The summed E-state index contributed by atoms with van der Waals surface area (Å²) in [6.07, 6.45) is -3.12. The van der Waals surface area contributed by atoms with Crippen LogP contribution in [0.2, 0.25) is 5.02 Å². The quantitative estimate of drug-likeness (QED) is 0.325. The Labute approximate surface area is 217 Å². The Hall–Kier alpha value is -3.50. The highest BCUT2D eigenvalue weighted by molar-refractivity contribution is 7.22. The molecule has 1 atom stereocenters. The fraction of sp³-hybridized carbons (Fsp3) is 0.231. The maximum atomic E-state index is 13.1. The zero-order chi connectivity index (χ0) is 26.5. The Bertz CT molecular complexity index is 1590. The number of alkyl halides is 3. The first-order valence-corrected chi connectivity index (χ1v) is 12.4. The van der Waals surface area contributed by atoms with Crippen LogP contribution in [0.4, 0.5) is 13.2 Å². The number of hydrogen-bond acceptors (Lipinski definition) is 5. The minimum Gasteiger partial charge on any atom is -0.334 e. The van der Waals surface area contributed by atoms with E-state index in [4.69, 9.17) is 11.6 Å². The molecule has 0 radical (unpaired) electrons. The van der Waals surface area contributed by atoms with Gasteiger partial charge in [-0.3, -0.25) is 19.0 Å². The van der Waals surface area contributed by atoms with Crippen molar-refractivity contribution >= 4 is 44.8 Å². The third kappa shape index (κ3) is 4.91. The second-order valence-electron chi connectivity index (χ2n) is 8.89. The smallest absolute Gasteiger partial charge is 0.334 e. The second-order valence-corrected chi connectivity index (χ2v) is 10.4. The average Bonchev–Trinajstić information content (AvgIpc) is 3.49. The summed E-state index contributed by atoms with van der Waals surface area (Å²) in [5.74, 6) is -2.22. The second kappa shape index (κ2) is 9.42. The number of fused-ring (bicyclic) bond motifs is 2. The van der Waals surface area contributed by atoms with E-state index < -0.39 is 18.1 Å². The molecular formula is C26H19ClF3N3O3S. The van der Waals surface area contributed by atoms with Gasteiger partial charge < -0.3 is 4.90 Å². The van der Waals surface area contributed by atoms with E-state index in [2.05, 4.69) is 4.98 Å². The number of rotatable bonds is 5. The van der Waals surface area contributed by atoms with E-state index in [0.29, 0.717) is 31.3 Å². The number of halogens is 4. The molecule has 0 fully saturated rings. The highest BCUT2D eigenvalue weighted by Crippen LogP contribution is 2.32. The molecule has 2 aromatic carbocycles. The SMILES string of the molecule is CN(C(=O)C(F)(F)F)C1Cc2ccc(C(=O)Cn3cnc4cc(-c5ccc(Cl)cc5)sc4c3=O)cc2C1. The number of Topliss-reactive ketones (excluding diaryl/α,β-unsaturated/α-hetero) is 1. The molecule has 6 nitrogen and oxygen atoms in total. The lowest BCUT2D eigenvalue weighted by molar-refractivity contribution is -0.186. The molecule has 5 rings (SSSR count). The zero-order valence-electron chi connectivity index (χ0n) is 19.4. The van der Waals surface area contributed by atoms with Gasteiger partial charge in [-0.2, -0.15) is 13.2 Å². The van der Waals surface area contributed by atoms with Crippen LogP contribution in [-0.4, -0.2) is 45.4 Å². The van der Waals surface area contributed by atoms with Crippen LogP contribution in [-0.2, 0) is 24.2 Å². The van der Waals surface area contributed by atoms with Crippen LogP contribution in [0, 0.1) is 0 Å². The Morgan fingerprint density at radius 2 is 1.81 bits per heavy atom. The lowest BCUT2D eigenvalue weighted by atomic mass is 10.0. The standard InChI is InChI=1S/C26H19ClF3N3O3S/c1-32(25(36)26(28,29)30)19-9-15-2-3-16(8-17(15)10-19)21(34)12-33-13-31-20-11-22(37-23(20)24(33)35)14-4-6-18(27)7-5-14/h2-8,11,13,19H,9-10,12H2,1H3. The molecule has 2 heterocycles. The van der Waals surface area contributed by atoms with Crippen molar-refractivity contribution in [2.45, 2.75) is 31.6 Å². The largest absolute Gasteiger partial charge is 0.471 e. The van der Waals surface area contributed by atoms with E-state index in [1.54, 1.807) is 30.3 Å². The van der Waals surface area contributed by atoms with Gasteiger partial charge in [0, 0.05) is 28.6 Å². The van der Waals surface area contributed by atoms with Crippen LogP contribution in [0.5, 0.6) is 0 Å². The Morgan fingerprint density at radius 1 is 1.11 bits per heavy atom. The molecule has 0 bridgehead atoms. The summed E-state index contributed by atoms with van der Waals surface area (Å²) in [5.41, 5.74) is 2.93. The Morgan fingerprint density at radius 3 is 2.51 bits per heavy atom. The van der Waals surface area contributed by atoms with Crippen LogP contribution in [0.25, 0.3) is 20.7 Å². The van der Waals surface area contributed by atoms with E-state index in [1.165, 1.54) is 22.2 Å². The van der Waals surface area contributed by atoms with Gasteiger partial charge in [-0.05, 0) is 53.8 Å². The number of carbonyl (C=O) groups is 2. The first-order chi connectivity index (χ1) is 17.5. The summed E-state index contributed by atoms with van der Waals surface area (Å²) >= 11 is 7.23. The number of benzene rings is 2. The van der Waals surface area contributed by atoms with Crippen LogP contribution in [0.1, 0.15) is 21.5 Å². The molecule has 1 aliphatic rings. The van der Waals surface area contributed by atoms with E-state index >= 15 is 0 Å². The number of ketones is 1. The van der Waals surface area contributed by atoms with Crippen molar-refractivity contribution in [1.29, 1.82) is 0 Å². The third-order valence-electron chi connectivity index (χ3n) is 6.50. The first-order valence-electron chi connectivity index (χ1n) is 11.2. The molecule has 0 N–H and O–H groups in total. The lowest BCUT2D eigenvalue weighted by Crippen LogP contribution is -2.44. The molecular weight excluding hydrogens is 527 g/mol. The predicted octanol–water partition coefficient (Wildman–Crippen LogP) is 5.15. The topological polar surface area (TPSA) is 72.3 Å². The molecule has 1 unspecified atom stereocenters. The number of hydrogen-bond donors (Lipinski definition) is 0. The van der Waals surface area contributed by atoms with Crippen molar-refractivity contribution in [3.63, 3.8) is 0 Å². The Balaban J connectivity index is 1.34. The maximum absolute atomic E-state index is 13.1. The van der Waals surface area contributed by atoms with E-state index in [0.717, 1.165) is 23.1 Å². The van der Waals surface area contributed by atoms with E-state index in [-0.39, 0.29) is 30.7 Å². The molecule has 0 saturated carbocycles. The highest BCUT2D eigenvalue weighted by Gasteiger charge is 2.44. The van der Waals surface area contributed by atoms with Crippen molar-refractivity contribution in [1.82, 2.24) is 14.5 Å². The van der Waals surface area contributed by atoms with Crippen molar-refractivity contribution in [2.75, 3.05) is 7.05 Å². The fourth-order valence-electron chi connectivity index (χ4n) is 4.47. The summed E-state index contributed by atoms with van der Waals surface area (Å²) in [6, 6.07) is 13.3. The van der Waals surface area contributed by atoms with Crippen LogP contribution < -0.4 is 5.56 Å². The highest BCUT2D eigenvalue weighted by atomic mass is 35.5. The molecule has 0 aliphatic heterocycles. The molecule has 37 heavy (non-hydrogen) atoms. The fourth-order valence-corrected chi connectivity index (χ4v) is 5.66. The molecule has 2 aromatic heterocycles. The summed E-state index contributed by atoms with van der Waals surface area (Å²) < 4.78 is 40.1. The minimum absolute atomic E-state index is 0.213. The van der Waals surface area contributed by atoms with Gasteiger partial charge in [-0.15, -0.1) is 11.3 Å². The summed E-state index contributed by atoms with van der Waals surface area (Å²) in [4.78, 5) is 43.6. The molecule has 0 saturated heterocycles. The maximum Gasteiger partial charge on any atom is 0.471 e. The predicted molar refractivity (Wildman–Crippen MR) is 135 cm³/mol. The van der Waals surface area contributed by atoms with Crippen LogP contribution >= 0.6 is 22.9 Å². The van der Waals surface area contributed by atoms with E-state index in [9.17, 15) is 27.6 Å². The van der Waals surface area contributed by atoms with Gasteiger partial charge in [0.2, 0.25) is 0 Å². The number of nitrogens with zero attached hydrogens (tertiary/aromatic N) is 3. The monoisotopic (exact) mass is 545 g/mol. The Kier molecular flexibility index (Phi) is 6.41. The number of carbonyl (C=O) groups excluding carboxylic acids is 2. The number of amides is 1. The normalized spacial score (nSPS) is 15.1. The van der Waals surface area contributed by atoms with Gasteiger partial charge in [0.05, 0.1) is 18.4 Å². The van der Waals surface area contributed by atoms with Crippen molar-refractivity contribution < 1.29 is 22.8 Å². The van der Waals surface area contributed by atoms with Gasteiger partial charge in [-0.1, -0.05) is 35.9 Å².